The number of benzene rings is 2. The molecule has 1 atom stereocenters. The molecule has 1 amide bonds. The van der Waals surface area contributed by atoms with E-state index < -0.39 is 0 Å². The van der Waals surface area contributed by atoms with Crippen molar-refractivity contribution in [1.82, 2.24) is 15.1 Å². The Morgan fingerprint density at radius 2 is 1.97 bits per heavy atom. The average Bonchev–Trinajstić information content (AvgIpc) is 3.46. The van der Waals surface area contributed by atoms with Gasteiger partial charge in [-0.3, -0.25) is 9.48 Å². The Kier molecular flexibility index (Phi) is 6.64. The van der Waals surface area contributed by atoms with Crippen LogP contribution in [0.15, 0.2) is 71.9 Å². The number of carbonyl (C=O) groups excluding carboxylic acids is 1. The van der Waals surface area contributed by atoms with E-state index in [0.717, 1.165) is 46.8 Å². The molecule has 5 nitrogen and oxygen atoms in total. The van der Waals surface area contributed by atoms with Gasteiger partial charge in [0.15, 0.2) is 0 Å². The van der Waals surface area contributed by atoms with Gasteiger partial charge in [0.1, 0.15) is 0 Å². The summed E-state index contributed by atoms with van der Waals surface area (Å²) in [6, 6.07) is 17.9. The Balaban J connectivity index is 1.40. The van der Waals surface area contributed by atoms with Crippen molar-refractivity contribution in [3.05, 3.63) is 83.7 Å². The zero-order valence-corrected chi connectivity index (χ0v) is 17.1. The van der Waals surface area contributed by atoms with Crippen LogP contribution in [0.3, 0.4) is 0 Å². The summed E-state index contributed by atoms with van der Waals surface area (Å²) in [6.45, 7) is 2.03. The molecule has 6 heteroatoms. The Hall–Kier alpha value is -2.57. The van der Waals surface area contributed by atoms with Crippen molar-refractivity contribution >= 4 is 17.7 Å². The molecule has 1 aromatic heterocycles. The van der Waals surface area contributed by atoms with E-state index in [1.54, 1.807) is 18.0 Å². The second-order valence-electron chi connectivity index (χ2n) is 7.10. The predicted molar refractivity (Wildman–Crippen MR) is 115 cm³/mol. The molecule has 1 aliphatic heterocycles. The minimum absolute atomic E-state index is 0.0469. The second kappa shape index (κ2) is 9.76. The first-order valence-electron chi connectivity index (χ1n) is 9.95. The number of amides is 1. The Labute approximate surface area is 175 Å². The van der Waals surface area contributed by atoms with E-state index in [4.69, 9.17) is 4.74 Å². The molecule has 150 valence electrons. The van der Waals surface area contributed by atoms with Crippen molar-refractivity contribution in [1.29, 1.82) is 0 Å². The molecule has 1 saturated heterocycles. The third kappa shape index (κ3) is 5.28. The van der Waals surface area contributed by atoms with Crippen LogP contribution in [0.1, 0.15) is 34.3 Å². The molecule has 0 radical (unpaired) electrons. The van der Waals surface area contributed by atoms with Crippen LogP contribution in [-0.2, 0) is 17.8 Å². The standard InChI is InChI=1S/C23H25N3O2S/c27-23(21-10-3-4-11-22(21)29-17-20-9-5-14-28-20)24-15-18-7-1-2-8-19(18)16-26-13-6-12-25-26/h1-4,6-8,10-13,20H,5,9,14-17H2,(H,24,27). The summed E-state index contributed by atoms with van der Waals surface area (Å²) < 4.78 is 7.59. The maximum absolute atomic E-state index is 12.9. The molecule has 2 aromatic carbocycles. The van der Waals surface area contributed by atoms with Crippen molar-refractivity contribution in [2.75, 3.05) is 12.4 Å². The highest BCUT2D eigenvalue weighted by atomic mass is 32.2. The fourth-order valence-electron chi connectivity index (χ4n) is 3.46. The van der Waals surface area contributed by atoms with E-state index in [9.17, 15) is 4.79 Å². The molecule has 1 aliphatic rings. The number of hydrogen-bond donors (Lipinski definition) is 1. The van der Waals surface area contributed by atoms with Gasteiger partial charge in [-0.05, 0) is 42.2 Å². The van der Waals surface area contributed by atoms with Gasteiger partial charge < -0.3 is 10.1 Å². The summed E-state index contributed by atoms with van der Waals surface area (Å²) in [6.07, 6.45) is 6.25. The third-order valence-electron chi connectivity index (χ3n) is 5.03. The highest BCUT2D eigenvalue weighted by Crippen LogP contribution is 2.26. The normalized spacial score (nSPS) is 16.1. The molecule has 0 aliphatic carbocycles. The minimum Gasteiger partial charge on any atom is -0.377 e. The van der Waals surface area contributed by atoms with Crippen LogP contribution in [0.2, 0.25) is 0 Å². The first kappa shape index (κ1) is 19.7. The number of thioether (sulfide) groups is 1. The van der Waals surface area contributed by atoms with E-state index in [1.165, 1.54) is 0 Å². The largest absolute Gasteiger partial charge is 0.377 e. The first-order chi connectivity index (χ1) is 14.3. The van der Waals surface area contributed by atoms with Crippen LogP contribution in [-0.4, -0.2) is 34.2 Å². The van der Waals surface area contributed by atoms with Gasteiger partial charge in [-0.15, -0.1) is 11.8 Å². The molecule has 0 bridgehead atoms. The van der Waals surface area contributed by atoms with Gasteiger partial charge in [-0.1, -0.05) is 36.4 Å². The number of nitrogens with zero attached hydrogens (tertiary/aromatic N) is 2. The van der Waals surface area contributed by atoms with Gasteiger partial charge in [0.05, 0.1) is 18.2 Å². The molecular weight excluding hydrogens is 382 g/mol. The quantitative estimate of drug-likeness (QED) is 0.571. The van der Waals surface area contributed by atoms with Gasteiger partial charge in [0.2, 0.25) is 0 Å². The number of aromatic nitrogens is 2. The first-order valence-corrected chi connectivity index (χ1v) is 10.9. The summed E-state index contributed by atoms with van der Waals surface area (Å²) in [4.78, 5) is 13.9. The Bertz CT molecular complexity index is 937. The van der Waals surface area contributed by atoms with E-state index in [1.807, 2.05) is 53.3 Å². The summed E-state index contributed by atoms with van der Waals surface area (Å²) in [5.74, 6) is 0.839. The van der Waals surface area contributed by atoms with Crippen LogP contribution in [0.5, 0.6) is 0 Å². The smallest absolute Gasteiger partial charge is 0.252 e. The second-order valence-corrected chi connectivity index (χ2v) is 8.16. The van der Waals surface area contributed by atoms with Gasteiger partial charge in [0, 0.05) is 36.2 Å². The summed E-state index contributed by atoms with van der Waals surface area (Å²) >= 11 is 1.70. The van der Waals surface area contributed by atoms with E-state index in [2.05, 4.69) is 22.5 Å². The van der Waals surface area contributed by atoms with Crippen molar-refractivity contribution in [2.45, 2.75) is 36.9 Å². The number of hydrogen-bond acceptors (Lipinski definition) is 4. The topological polar surface area (TPSA) is 56.2 Å². The molecule has 2 heterocycles. The molecule has 4 rings (SSSR count). The lowest BCUT2D eigenvalue weighted by Gasteiger charge is -2.14. The van der Waals surface area contributed by atoms with Crippen LogP contribution in [0, 0.1) is 0 Å². The number of carbonyl (C=O) groups is 1. The van der Waals surface area contributed by atoms with Gasteiger partial charge in [-0.25, -0.2) is 0 Å². The van der Waals surface area contributed by atoms with E-state index in [0.29, 0.717) is 19.2 Å². The molecule has 1 unspecified atom stereocenters. The van der Waals surface area contributed by atoms with Crippen LogP contribution in [0.4, 0.5) is 0 Å². The predicted octanol–water partition coefficient (Wildman–Crippen LogP) is 4.13. The fraction of sp³-hybridized carbons (Fsp3) is 0.304. The zero-order valence-electron chi connectivity index (χ0n) is 16.3. The summed E-state index contributed by atoms with van der Waals surface area (Å²) in [5.41, 5.74) is 2.97. The lowest BCUT2D eigenvalue weighted by atomic mass is 10.1. The molecule has 0 spiro atoms. The third-order valence-corrected chi connectivity index (χ3v) is 6.24. The molecule has 29 heavy (non-hydrogen) atoms. The van der Waals surface area contributed by atoms with Crippen molar-refractivity contribution in [2.24, 2.45) is 0 Å². The van der Waals surface area contributed by atoms with Gasteiger partial charge in [-0.2, -0.15) is 5.10 Å². The lowest BCUT2D eigenvalue weighted by Crippen LogP contribution is -2.24. The maximum Gasteiger partial charge on any atom is 0.252 e. The number of ether oxygens (including phenoxy) is 1. The van der Waals surface area contributed by atoms with E-state index in [-0.39, 0.29) is 5.91 Å². The van der Waals surface area contributed by atoms with Crippen LogP contribution >= 0.6 is 11.8 Å². The number of nitrogens with one attached hydrogen (secondary N) is 1. The molecule has 1 N–H and O–H groups in total. The summed E-state index contributed by atoms with van der Waals surface area (Å²) in [5, 5.41) is 7.37. The molecule has 1 fully saturated rings. The Morgan fingerprint density at radius 3 is 2.76 bits per heavy atom. The van der Waals surface area contributed by atoms with Crippen molar-refractivity contribution in [3.8, 4) is 0 Å². The highest BCUT2D eigenvalue weighted by molar-refractivity contribution is 7.99. The molecule has 0 saturated carbocycles. The number of rotatable bonds is 8. The Morgan fingerprint density at radius 1 is 1.14 bits per heavy atom. The highest BCUT2D eigenvalue weighted by Gasteiger charge is 2.18. The van der Waals surface area contributed by atoms with Crippen LogP contribution in [0.25, 0.3) is 0 Å². The van der Waals surface area contributed by atoms with Gasteiger partial charge >= 0.3 is 0 Å². The molecular formula is C23H25N3O2S. The van der Waals surface area contributed by atoms with Gasteiger partial charge in [0.25, 0.3) is 5.91 Å². The fourth-order valence-corrected chi connectivity index (χ4v) is 4.58. The molecule has 3 aromatic rings. The monoisotopic (exact) mass is 407 g/mol. The maximum atomic E-state index is 12.9. The van der Waals surface area contributed by atoms with Crippen LogP contribution < -0.4 is 5.32 Å². The average molecular weight is 408 g/mol. The van der Waals surface area contributed by atoms with E-state index >= 15 is 0 Å². The zero-order chi connectivity index (χ0) is 19.9. The lowest BCUT2D eigenvalue weighted by molar-refractivity contribution is 0.0947. The SMILES string of the molecule is O=C(NCc1ccccc1Cn1cccn1)c1ccccc1SCC1CCCO1. The van der Waals surface area contributed by atoms with Crippen molar-refractivity contribution in [3.63, 3.8) is 0 Å². The minimum atomic E-state index is -0.0469. The van der Waals surface area contributed by atoms with Crippen molar-refractivity contribution < 1.29 is 9.53 Å². The summed E-state index contributed by atoms with van der Waals surface area (Å²) in [7, 11) is 0.